The molecule has 1 aliphatic rings. The minimum Gasteiger partial charge on any atom is -0.484 e. The minimum atomic E-state index is -0.170. The van der Waals surface area contributed by atoms with Crippen molar-refractivity contribution in [3.63, 3.8) is 0 Å². The molecule has 1 saturated heterocycles. The van der Waals surface area contributed by atoms with Gasteiger partial charge >= 0.3 is 0 Å². The zero-order chi connectivity index (χ0) is 18.5. The van der Waals surface area contributed by atoms with Crippen LogP contribution >= 0.6 is 0 Å². The summed E-state index contributed by atoms with van der Waals surface area (Å²) in [5, 5.41) is 2.52. The van der Waals surface area contributed by atoms with Gasteiger partial charge in [-0.2, -0.15) is 0 Å². The van der Waals surface area contributed by atoms with E-state index < -0.39 is 0 Å². The normalized spacial score (nSPS) is 16.4. The van der Waals surface area contributed by atoms with Crippen molar-refractivity contribution in [2.75, 3.05) is 20.2 Å². The van der Waals surface area contributed by atoms with Crippen LogP contribution in [0, 0.1) is 0 Å². The number of likely N-dealkylation sites (tertiary alicyclic amines) is 1. The van der Waals surface area contributed by atoms with E-state index in [0.717, 1.165) is 36.1 Å². The first kappa shape index (κ1) is 18.0. The fourth-order valence-electron chi connectivity index (χ4n) is 3.20. The number of carbonyl (C=O) groups excluding carboxylic acids is 2. The first-order chi connectivity index (χ1) is 12.6. The lowest BCUT2D eigenvalue weighted by Crippen LogP contribution is -2.33. The second kappa shape index (κ2) is 8.04. The van der Waals surface area contributed by atoms with Gasteiger partial charge in [0.1, 0.15) is 5.75 Å². The van der Waals surface area contributed by atoms with Gasteiger partial charge in [0, 0.05) is 25.2 Å². The van der Waals surface area contributed by atoms with Crippen molar-refractivity contribution in [3.05, 3.63) is 54.1 Å². The average Bonchev–Trinajstić information content (AvgIpc) is 3.12. The fourth-order valence-corrected chi connectivity index (χ4v) is 3.20. The maximum absolute atomic E-state index is 12.7. The number of benzene rings is 2. The topological polar surface area (TPSA) is 58.6 Å². The van der Waals surface area contributed by atoms with Crippen molar-refractivity contribution < 1.29 is 14.3 Å². The molecule has 0 saturated carbocycles. The number of amides is 2. The molecule has 0 radical (unpaired) electrons. The molecule has 0 spiro atoms. The van der Waals surface area contributed by atoms with Crippen LogP contribution in [-0.2, 0) is 4.79 Å². The molecule has 2 aromatic carbocycles. The number of rotatable bonds is 5. The summed E-state index contributed by atoms with van der Waals surface area (Å²) in [4.78, 5) is 25.9. The molecule has 5 nitrogen and oxygen atoms in total. The predicted molar refractivity (Wildman–Crippen MR) is 101 cm³/mol. The molecule has 0 aromatic heterocycles. The molecule has 1 fully saturated rings. The molecule has 136 valence electrons. The smallest absolute Gasteiger partial charge is 0.257 e. The maximum atomic E-state index is 12.7. The van der Waals surface area contributed by atoms with E-state index in [1.54, 1.807) is 7.05 Å². The van der Waals surface area contributed by atoms with Crippen molar-refractivity contribution >= 4 is 11.8 Å². The first-order valence-electron chi connectivity index (χ1n) is 8.93. The lowest BCUT2D eigenvalue weighted by Gasteiger charge is -2.21. The standard InChI is InChI=1S/C21H24N2O3/c1-15-5-4-12-23(15)21(25)18-7-3-6-17(13-18)16-8-10-19(11-9-16)26-14-20(24)22-2/h3,6-11,13,15H,4-5,12,14H2,1-2H3,(H,22,24)/t15-/m0/s1. The third-order valence-electron chi connectivity index (χ3n) is 4.76. The monoisotopic (exact) mass is 352 g/mol. The Labute approximate surface area is 154 Å². The van der Waals surface area contributed by atoms with Crippen LogP contribution in [0.5, 0.6) is 5.75 Å². The summed E-state index contributed by atoms with van der Waals surface area (Å²) in [6.07, 6.45) is 2.15. The highest BCUT2D eigenvalue weighted by Crippen LogP contribution is 2.25. The SMILES string of the molecule is CNC(=O)COc1ccc(-c2cccc(C(=O)N3CCC[C@@H]3C)c2)cc1. The lowest BCUT2D eigenvalue weighted by molar-refractivity contribution is -0.122. The maximum Gasteiger partial charge on any atom is 0.257 e. The highest BCUT2D eigenvalue weighted by atomic mass is 16.5. The van der Waals surface area contributed by atoms with E-state index in [2.05, 4.69) is 12.2 Å². The molecule has 26 heavy (non-hydrogen) atoms. The lowest BCUT2D eigenvalue weighted by atomic mass is 10.0. The first-order valence-corrected chi connectivity index (χ1v) is 8.93. The van der Waals surface area contributed by atoms with Crippen LogP contribution in [0.4, 0.5) is 0 Å². The molecular weight excluding hydrogens is 328 g/mol. The van der Waals surface area contributed by atoms with Crippen LogP contribution in [0.15, 0.2) is 48.5 Å². The largest absolute Gasteiger partial charge is 0.484 e. The Morgan fingerprint density at radius 1 is 1.15 bits per heavy atom. The molecule has 1 atom stereocenters. The summed E-state index contributed by atoms with van der Waals surface area (Å²) in [7, 11) is 1.58. The molecule has 2 amide bonds. The Kier molecular flexibility index (Phi) is 5.56. The van der Waals surface area contributed by atoms with Gasteiger partial charge < -0.3 is 15.0 Å². The van der Waals surface area contributed by atoms with Crippen LogP contribution in [-0.4, -0.2) is 43.0 Å². The van der Waals surface area contributed by atoms with Gasteiger partial charge in [-0.15, -0.1) is 0 Å². The third-order valence-corrected chi connectivity index (χ3v) is 4.76. The van der Waals surface area contributed by atoms with E-state index in [4.69, 9.17) is 4.74 Å². The molecule has 0 bridgehead atoms. The quantitative estimate of drug-likeness (QED) is 0.899. The van der Waals surface area contributed by atoms with Gasteiger partial charge in [0.25, 0.3) is 11.8 Å². The molecule has 1 aliphatic heterocycles. The summed E-state index contributed by atoms with van der Waals surface area (Å²) in [5.41, 5.74) is 2.71. The van der Waals surface area contributed by atoms with Crippen LogP contribution in [0.1, 0.15) is 30.1 Å². The van der Waals surface area contributed by atoms with E-state index in [0.29, 0.717) is 11.8 Å². The number of nitrogens with zero attached hydrogens (tertiary/aromatic N) is 1. The number of hydrogen-bond acceptors (Lipinski definition) is 3. The Morgan fingerprint density at radius 2 is 1.92 bits per heavy atom. The van der Waals surface area contributed by atoms with E-state index in [1.165, 1.54) is 0 Å². The molecule has 1 heterocycles. The third kappa shape index (κ3) is 4.04. The number of ether oxygens (including phenoxy) is 1. The van der Waals surface area contributed by atoms with Crippen molar-refractivity contribution in [1.82, 2.24) is 10.2 Å². The number of likely N-dealkylation sites (N-methyl/N-ethyl adjacent to an activating group) is 1. The second-order valence-electron chi connectivity index (χ2n) is 6.56. The highest BCUT2D eigenvalue weighted by Gasteiger charge is 2.25. The highest BCUT2D eigenvalue weighted by molar-refractivity contribution is 5.95. The van der Waals surface area contributed by atoms with Crippen molar-refractivity contribution in [2.45, 2.75) is 25.8 Å². The Bertz CT molecular complexity index is 786. The predicted octanol–water partition coefficient (Wildman–Crippen LogP) is 3.10. The Morgan fingerprint density at radius 3 is 2.58 bits per heavy atom. The van der Waals surface area contributed by atoms with Gasteiger partial charge in [0.15, 0.2) is 6.61 Å². The van der Waals surface area contributed by atoms with E-state index in [-0.39, 0.29) is 18.4 Å². The van der Waals surface area contributed by atoms with Crippen LogP contribution in [0.25, 0.3) is 11.1 Å². The van der Waals surface area contributed by atoms with Gasteiger partial charge in [0.05, 0.1) is 0 Å². The van der Waals surface area contributed by atoms with Crippen LogP contribution in [0.3, 0.4) is 0 Å². The van der Waals surface area contributed by atoms with E-state index in [1.807, 2.05) is 53.4 Å². The van der Waals surface area contributed by atoms with Gasteiger partial charge in [0.2, 0.25) is 0 Å². The molecule has 3 rings (SSSR count). The molecular formula is C21H24N2O3. The number of nitrogens with one attached hydrogen (secondary N) is 1. The van der Waals surface area contributed by atoms with Gasteiger partial charge in [-0.05, 0) is 55.2 Å². The molecule has 0 aliphatic carbocycles. The molecule has 2 aromatic rings. The summed E-state index contributed by atoms with van der Waals surface area (Å²) in [6.45, 7) is 2.93. The van der Waals surface area contributed by atoms with Crippen molar-refractivity contribution in [2.24, 2.45) is 0 Å². The zero-order valence-corrected chi connectivity index (χ0v) is 15.2. The fraction of sp³-hybridized carbons (Fsp3) is 0.333. The minimum absolute atomic E-state index is 0.00610. The summed E-state index contributed by atoms with van der Waals surface area (Å²) >= 11 is 0. The van der Waals surface area contributed by atoms with E-state index in [9.17, 15) is 9.59 Å². The second-order valence-corrected chi connectivity index (χ2v) is 6.56. The van der Waals surface area contributed by atoms with Crippen LogP contribution < -0.4 is 10.1 Å². The Hall–Kier alpha value is -2.82. The number of hydrogen-bond donors (Lipinski definition) is 1. The molecule has 0 unspecified atom stereocenters. The van der Waals surface area contributed by atoms with Gasteiger partial charge in [-0.1, -0.05) is 24.3 Å². The number of carbonyl (C=O) groups is 2. The summed E-state index contributed by atoms with van der Waals surface area (Å²) in [5.74, 6) is 0.564. The van der Waals surface area contributed by atoms with E-state index >= 15 is 0 Å². The van der Waals surface area contributed by atoms with Crippen molar-refractivity contribution in [1.29, 1.82) is 0 Å². The average molecular weight is 352 g/mol. The van der Waals surface area contributed by atoms with Gasteiger partial charge in [-0.25, -0.2) is 0 Å². The molecule has 1 N–H and O–H groups in total. The van der Waals surface area contributed by atoms with Crippen LogP contribution in [0.2, 0.25) is 0 Å². The van der Waals surface area contributed by atoms with Gasteiger partial charge in [-0.3, -0.25) is 9.59 Å². The summed E-state index contributed by atoms with van der Waals surface area (Å²) in [6, 6.07) is 15.5. The zero-order valence-electron chi connectivity index (χ0n) is 15.2. The van der Waals surface area contributed by atoms with Crippen molar-refractivity contribution in [3.8, 4) is 16.9 Å². The molecule has 5 heteroatoms. The summed E-state index contributed by atoms with van der Waals surface area (Å²) < 4.78 is 5.42. The Balaban J connectivity index is 1.73.